The van der Waals surface area contributed by atoms with Crippen molar-refractivity contribution in [1.82, 2.24) is 4.90 Å². The Labute approximate surface area is 135 Å². The van der Waals surface area contributed by atoms with E-state index in [1.807, 2.05) is 30.3 Å². The number of hydrogen-bond acceptors (Lipinski definition) is 2. The van der Waals surface area contributed by atoms with Gasteiger partial charge in [0.2, 0.25) is 0 Å². The van der Waals surface area contributed by atoms with Crippen molar-refractivity contribution >= 4 is 43.5 Å². The molecule has 0 fully saturated rings. The summed E-state index contributed by atoms with van der Waals surface area (Å²) in [7, 11) is 1.77. The van der Waals surface area contributed by atoms with Crippen molar-refractivity contribution in [3.63, 3.8) is 0 Å². The van der Waals surface area contributed by atoms with Gasteiger partial charge in [0.25, 0.3) is 5.91 Å². The third kappa shape index (κ3) is 3.61. The summed E-state index contributed by atoms with van der Waals surface area (Å²) in [5, 5.41) is 0. The van der Waals surface area contributed by atoms with Gasteiger partial charge in [-0.05, 0) is 35.9 Å². The first-order chi connectivity index (χ1) is 9.47. The molecule has 2 aromatic rings. The first kappa shape index (κ1) is 15.1. The highest BCUT2D eigenvalue weighted by atomic mass is 79.9. The zero-order valence-corrected chi connectivity index (χ0v) is 14.1. The van der Waals surface area contributed by atoms with E-state index in [1.165, 1.54) is 0 Å². The monoisotopic (exact) mass is 396 g/mol. The number of nitrogen functional groups attached to an aromatic ring is 1. The summed E-state index contributed by atoms with van der Waals surface area (Å²) in [6.07, 6.45) is 0. The Hall–Kier alpha value is -1.33. The molecule has 5 heteroatoms. The van der Waals surface area contributed by atoms with Crippen LogP contribution >= 0.6 is 31.9 Å². The highest BCUT2D eigenvalue weighted by Crippen LogP contribution is 2.21. The molecule has 20 heavy (non-hydrogen) atoms. The Morgan fingerprint density at radius 3 is 2.50 bits per heavy atom. The topological polar surface area (TPSA) is 46.3 Å². The first-order valence-electron chi connectivity index (χ1n) is 6.02. The minimum atomic E-state index is -0.0880. The fraction of sp³-hybridized carbons (Fsp3) is 0.133. The molecule has 0 spiro atoms. The summed E-state index contributed by atoms with van der Waals surface area (Å²) in [5.41, 5.74) is 7.95. The van der Waals surface area contributed by atoms with E-state index >= 15 is 0 Å². The summed E-state index contributed by atoms with van der Waals surface area (Å²) >= 11 is 6.76. The Morgan fingerprint density at radius 2 is 1.85 bits per heavy atom. The summed E-state index contributed by atoms with van der Waals surface area (Å²) in [6.45, 7) is 0.535. The van der Waals surface area contributed by atoms with Crippen molar-refractivity contribution in [1.29, 1.82) is 0 Å². The van der Waals surface area contributed by atoms with Crippen LogP contribution in [-0.2, 0) is 6.54 Å². The van der Waals surface area contributed by atoms with Crippen molar-refractivity contribution in [3.05, 3.63) is 62.5 Å². The number of nitrogens with two attached hydrogens (primary N) is 1. The highest BCUT2D eigenvalue weighted by Gasteiger charge is 2.15. The van der Waals surface area contributed by atoms with Crippen LogP contribution in [0.3, 0.4) is 0 Å². The van der Waals surface area contributed by atoms with Gasteiger partial charge < -0.3 is 10.6 Å². The van der Waals surface area contributed by atoms with Crippen molar-refractivity contribution in [2.24, 2.45) is 0 Å². The van der Waals surface area contributed by atoms with Gasteiger partial charge in [0, 0.05) is 28.2 Å². The fourth-order valence-corrected chi connectivity index (χ4v) is 2.74. The molecule has 0 bridgehead atoms. The lowest BCUT2D eigenvalue weighted by Gasteiger charge is -2.18. The maximum atomic E-state index is 12.4. The number of rotatable bonds is 3. The van der Waals surface area contributed by atoms with Crippen LogP contribution in [0.5, 0.6) is 0 Å². The van der Waals surface area contributed by atoms with Crippen LogP contribution in [-0.4, -0.2) is 17.9 Å². The number of benzene rings is 2. The number of nitrogens with zero attached hydrogens (tertiary/aromatic N) is 1. The maximum absolute atomic E-state index is 12.4. The van der Waals surface area contributed by atoms with Crippen LogP contribution in [0.15, 0.2) is 51.4 Å². The normalized spacial score (nSPS) is 10.3. The summed E-state index contributed by atoms with van der Waals surface area (Å²) in [6, 6.07) is 13.2. The van der Waals surface area contributed by atoms with Crippen LogP contribution in [0.4, 0.5) is 5.69 Å². The number of hydrogen-bond donors (Lipinski definition) is 1. The Morgan fingerprint density at radius 1 is 1.15 bits per heavy atom. The Kier molecular flexibility index (Phi) is 4.83. The van der Waals surface area contributed by atoms with Crippen molar-refractivity contribution in [2.75, 3.05) is 12.8 Å². The van der Waals surface area contributed by atoms with E-state index in [2.05, 4.69) is 31.9 Å². The zero-order valence-electron chi connectivity index (χ0n) is 10.9. The first-order valence-corrected chi connectivity index (χ1v) is 7.61. The second-order valence-corrected chi connectivity index (χ2v) is 6.35. The van der Waals surface area contributed by atoms with E-state index in [0.29, 0.717) is 17.8 Å². The Balaban J connectivity index is 2.16. The predicted molar refractivity (Wildman–Crippen MR) is 88.5 cm³/mol. The van der Waals surface area contributed by atoms with Gasteiger partial charge in [-0.15, -0.1) is 0 Å². The number of amides is 1. The molecule has 0 saturated carbocycles. The van der Waals surface area contributed by atoms with Gasteiger partial charge in [-0.25, -0.2) is 0 Å². The molecular weight excluding hydrogens is 384 g/mol. The molecule has 3 nitrogen and oxygen atoms in total. The fourth-order valence-electron chi connectivity index (χ4n) is 1.91. The SMILES string of the molecule is CN(Cc1cccc(Br)c1)C(=O)c1ccc(Br)cc1N. The van der Waals surface area contributed by atoms with E-state index in [4.69, 9.17) is 5.73 Å². The highest BCUT2D eigenvalue weighted by molar-refractivity contribution is 9.10. The number of anilines is 1. The summed E-state index contributed by atoms with van der Waals surface area (Å²) in [5.74, 6) is -0.0880. The summed E-state index contributed by atoms with van der Waals surface area (Å²) in [4.78, 5) is 14.0. The van der Waals surface area contributed by atoms with Crippen molar-refractivity contribution in [3.8, 4) is 0 Å². The molecule has 0 atom stereocenters. The number of carbonyl (C=O) groups excluding carboxylic acids is 1. The molecule has 1 amide bonds. The number of halogens is 2. The van der Waals surface area contributed by atoms with Crippen molar-refractivity contribution < 1.29 is 4.79 Å². The molecule has 0 aliphatic heterocycles. The Bertz CT molecular complexity index is 644. The third-order valence-electron chi connectivity index (χ3n) is 2.90. The van der Waals surface area contributed by atoms with E-state index in [0.717, 1.165) is 14.5 Å². The molecule has 2 aromatic carbocycles. The predicted octanol–water partition coefficient (Wildman–Crippen LogP) is 4.07. The molecule has 0 heterocycles. The molecule has 0 saturated heterocycles. The molecule has 0 aromatic heterocycles. The molecule has 2 rings (SSSR count). The van der Waals surface area contributed by atoms with E-state index in [1.54, 1.807) is 24.1 Å². The van der Waals surface area contributed by atoms with Crippen molar-refractivity contribution in [2.45, 2.75) is 6.54 Å². The average Bonchev–Trinajstić information content (AvgIpc) is 2.38. The van der Waals surface area contributed by atoms with Crippen LogP contribution in [0.1, 0.15) is 15.9 Å². The van der Waals surface area contributed by atoms with Gasteiger partial charge in [-0.2, -0.15) is 0 Å². The number of carbonyl (C=O) groups is 1. The third-order valence-corrected chi connectivity index (χ3v) is 3.89. The van der Waals surface area contributed by atoms with E-state index in [-0.39, 0.29) is 5.91 Å². The molecule has 0 aliphatic rings. The molecule has 104 valence electrons. The molecule has 0 radical (unpaired) electrons. The van der Waals surface area contributed by atoms with E-state index in [9.17, 15) is 4.79 Å². The van der Waals surface area contributed by atoms with Gasteiger partial charge in [-0.3, -0.25) is 4.79 Å². The van der Waals surface area contributed by atoms with E-state index < -0.39 is 0 Å². The maximum Gasteiger partial charge on any atom is 0.255 e. The average molecular weight is 398 g/mol. The lowest BCUT2D eigenvalue weighted by Crippen LogP contribution is -2.26. The lowest BCUT2D eigenvalue weighted by molar-refractivity contribution is 0.0786. The second-order valence-electron chi connectivity index (χ2n) is 4.52. The van der Waals surface area contributed by atoms with Crippen LogP contribution in [0.25, 0.3) is 0 Å². The van der Waals surface area contributed by atoms with Gasteiger partial charge in [0.15, 0.2) is 0 Å². The second kappa shape index (κ2) is 6.41. The molecule has 0 aliphatic carbocycles. The minimum absolute atomic E-state index is 0.0880. The standard InChI is InChI=1S/C15H14Br2N2O/c1-19(9-10-3-2-4-11(16)7-10)15(20)13-6-5-12(17)8-14(13)18/h2-8H,9,18H2,1H3. The molecule has 0 unspecified atom stereocenters. The van der Waals surface area contributed by atoms with Gasteiger partial charge in [0.1, 0.15) is 0 Å². The lowest BCUT2D eigenvalue weighted by atomic mass is 10.1. The largest absolute Gasteiger partial charge is 0.398 e. The quantitative estimate of drug-likeness (QED) is 0.793. The molecule has 2 N–H and O–H groups in total. The smallest absolute Gasteiger partial charge is 0.255 e. The van der Waals surface area contributed by atoms with Crippen LogP contribution in [0, 0.1) is 0 Å². The van der Waals surface area contributed by atoms with Crippen LogP contribution in [0.2, 0.25) is 0 Å². The van der Waals surface area contributed by atoms with Gasteiger partial charge >= 0.3 is 0 Å². The van der Waals surface area contributed by atoms with Gasteiger partial charge in [0.05, 0.1) is 5.56 Å². The zero-order chi connectivity index (χ0) is 14.7. The minimum Gasteiger partial charge on any atom is -0.398 e. The summed E-state index contributed by atoms with van der Waals surface area (Å²) < 4.78 is 1.86. The molecular formula is C15H14Br2N2O. The van der Waals surface area contributed by atoms with Crippen LogP contribution < -0.4 is 5.73 Å². The van der Waals surface area contributed by atoms with Gasteiger partial charge in [-0.1, -0.05) is 44.0 Å².